The largest absolute Gasteiger partial charge is 0.493 e. The quantitative estimate of drug-likeness (QED) is 0.765. The molecule has 0 bridgehead atoms. The summed E-state index contributed by atoms with van der Waals surface area (Å²) in [5.41, 5.74) is 7.68. The Morgan fingerprint density at radius 2 is 2.12 bits per heavy atom. The van der Waals surface area contributed by atoms with Crippen molar-refractivity contribution in [3.63, 3.8) is 0 Å². The van der Waals surface area contributed by atoms with Crippen molar-refractivity contribution in [3.8, 4) is 5.75 Å². The van der Waals surface area contributed by atoms with Gasteiger partial charge in [0.15, 0.2) is 0 Å². The lowest BCUT2D eigenvalue weighted by molar-refractivity contribution is 0.215. The van der Waals surface area contributed by atoms with E-state index in [1.165, 1.54) is 12.8 Å². The smallest absolute Gasteiger partial charge is 0.119 e. The highest BCUT2D eigenvalue weighted by Gasteiger charge is 2.13. The van der Waals surface area contributed by atoms with Gasteiger partial charge in [0, 0.05) is 5.69 Å². The zero-order valence-corrected chi connectivity index (χ0v) is 9.83. The molecule has 16 heavy (non-hydrogen) atoms. The molecule has 3 heteroatoms. The van der Waals surface area contributed by atoms with Crippen LogP contribution in [0.25, 0.3) is 0 Å². The van der Waals surface area contributed by atoms with Gasteiger partial charge in [0.1, 0.15) is 5.75 Å². The standard InChI is InChI=1S/C13H20N2O/c1-10-8-12(2-3-13(10)14)16-9-11-4-6-15-7-5-11/h2-3,8,11,15H,4-7,9,14H2,1H3. The molecule has 0 saturated carbocycles. The first-order valence-electron chi connectivity index (χ1n) is 5.95. The summed E-state index contributed by atoms with van der Waals surface area (Å²) in [6, 6.07) is 5.87. The summed E-state index contributed by atoms with van der Waals surface area (Å²) in [5.74, 6) is 1.63. The molecular formula is C13H20N2O. The molecule has 1 heterocycles. The highest BCUT2D eigenvalue weighted by Crippen LogP contribution is 2.20. The lowest BCUT2D eigenvalue weighted by Gasteiger charge is -2.22. The molecule has 1 fully saturated rings. The number of rotatable bonds is 3. The van der Waals surface area contributed by atoms with E-state index in [9.17, 15) is 0 Å². The second-order valence-corrected chi connectivity index (χ2v) is 4.52. The average molecular weight is 220 g/mol. The molecule has 3 N–H and O–H groups in total. The van der Waals surface area contributed by atoms with Crippen LogP contribution in [0.5, 0.6) is 5.75 Å². The van der Waals surface area contributed by atoms with Crippen LogP contribution in [0.1, 0.15) is 18.4 Å². The summed E-state index contributed by atoms with van der Waals surface area (Å²) in [6.07, 6.45) is 2.43. The van der Waals surface area contributed by atoms with Crippen LogP contribution in [0.3, 0.4) is 0 Å². The first-order chi connectivity index (χ1) is 7.75. The number of nitrogen functional groups attached to an aromatic ring is 1. The summed E-state index contributed by atoms with van der Waals surface area (Å²) in [4.78, 5) is 0. The van der Waals surface area contributed by atoms with Gasteiger partial charge in [0.25, 0.3) is 0 Å². The minimum atomic E-state index is 0.694. The Hall–Kier alpha value is -1.22. The topological polar surface area (TPSA) is 47.3 Å². The molecular weight excluding hydrogens is 200 g/mol. The van der Waals surface area contributed by atoms with E-state index in [0.29, 0.717) is 5.92 Å². The molecule has 2 rings (SSSR count). The van der Waals surface area contributed by atoms with Crippen LogP contribution in [0.15, 0.2) is 18.2 Å². The zero-order valence-electron chi connectivity index (χ0n) is 9.83. The molecule has 88 valence electrons. The van der Waals surface area contributed by atoms with Crippen LogP contribution >= 0.6 is 0 Å². The second kappa shape index (κ2) is 5.21. The second-order valence-electron chi connectivity index (χ2n) is 4.52. The Labute approximate surface area is 97.0 Å². The third kappa shape index (κ3) is 2.89. The maximum Gasteiger partial charge on any atom is 0.119 e. The number of ether oxygens (including phenoxy) is 1. The summed E-state index contributed by atoms with van der Waals surface area (Å²) in [5, 5.41) is 3.36. The van der Waals surface area contributed by atoms with Gasteiger partial charge in [-0.2, -0.15) is 0 Å². The van der Waals surface area contributed by atoms with Crippen molar-refractivity contribution in [3.05, 3.63) is 23.8 Å². The molecule has 1 aliphatic rings. The first-order valence-corrected chi connectivity index (χ1v) is 5.95. The molecule has 0 aliphatic carbocycles. The van der Waals surface area contributed by atoms with E-state index in [-0.39, 0.29) is 0 Å². The van der Waals surface area contributed by atoms with Crippen molar-refractivity contribution < 1.29 is 4.74 Å². The maximum atomic E-state index is 5.80. The molecule has 3 nitrogen and oxygen atoms in total. The van der Waals surface area contributed by atoms with Gasteiger partial charge < -0.3 is 15.8 Å². The molecule has 1 aliphatic heterocycles. The Bertz CT molecular complexity index is 346. The maximum absolute atomic E-state index is 5.80. The van der Waals surface area contributed by atoms with E-state index in [2.05, 4.69) is 5.32 Å². The Kier molecular flexibility index (Phi) is 3.67. The van der Waals surface area contributed by atoms with E-state index in [0.717, 1.165) is 36.7 Å². The summed E-state index contributed by atoms with van der Waals surface area (Å²) >= 11 is 0. The van der Waals surface area contributed by atoms with E-state index in [1.807, 2.05) is 25.1 Å². The number of hydrogen-bond acceptors (Lipinski definition) is 3. The monoisotopic (exact) mass is 220 g/mol. The van der Waals surface area contributed by atoms with Gasteiger partial charge in [-0.25, -0.2) is 0 Å². The molecule has 0 spiro atoms. The van der Waals surface area contributed by atoms with Gasteiger partial charge in [-0.05, 0) is 62.5 Å². The number of aryl methyl sites for hydroxylation is 1. The zero-order chi connectivity index (χ0) is 11.4. The molecule has 1 aromatic rings. The predicted molar refractivity (Wildman–Crippen MR) is 66.7 cm³/mol. The van der Waals surface area contributed by atoms with Gasteiger partial charge in [-0.15, -0.1) is 0 Å². The van der Waals surface area contributed by atoms with Gasteiger partial charge >= 0.3 is 0 Å². The predicted octanol–water partition coefficient (Wildman–Crippen LogP) is 1.96. The van der Waals surface area contributed by atoms with Crippen molar-refractivity contribution in [1.82, 2.24) is 5.32 Å². The lowest BCUT2D eigenvalue weighted by Crippen LogP contribution is -2.30. The van der Waals surface area contributed by atoms with Crippen molar-refractivity contribution in [2.24, 2.45) is 5.92 Å². The third-order valence-corrected chi connectivity index (χ3v) is 3.19. The third-order valence-electron chi connectivity index (χ3n) is 3.19. The van der Waals surface area contributed by atoms with Crippen molar-refractivity contribution >= 4 is 5.69 Å². The van der Waals surface area contributed by atoms with Crippen molar-refractivity contribution in [2.75, 3.05) is 25.4 Å². The Morgan fingerprint density at radius 1 is 1.38 bits per heavy atom. The van der Waals surface area contributed by atoms with Crippen molar-refractivity contribution in [1.29, 1.82) is 0 Å². The molecule has 0 amide bonds. The fraction of sp³-hybridized carbons (Fsp3) is 0.538. The van der Waals surface area contributed by atoms with Crippen LogP contribution in [0.2, 0.25) is 0 Å². The number of nitrogens with one attached hydrogen (secondary N) is 1. The van der Waals surface area contributed by atoms with Crippen LogP contribution in [-0.2, 0) is 0 Å². The van der Waals surface area contributed by atoms with E-state index >= 15 is 0 Å². The Balaban J connectivity index is 1.86. The average Bonchev–Trinajstić information content (AvgIpc) is 2.32. The van der Waals surface area contributed by atoms with Crippen LogP contribution in [0, 0.1) is 12.8 Å². The molecule has 1 aromatic carbocycles. The Morgan fingerprint density at radius 3 is 2.81 bits per heavy atom. The normalized spacial score (nSPS) is 17.3. The van der Waals surface area contributed by atoms with Gasteiger partial charge in [-0.3, -0.25) is 0 Å². The number of piperidine rings is 1. The molecule has 0 radical (unpaired) electrons. The molecule has 0 unspecified atom stereocenters. The summed E-state index contributed by atoms with van der Waals surface area (Å²) in [7, 11) is 0. The lowest BCUT2D eigenvalue weighted by atomic mass is 9.99. The van der Waals surface area contributed by atoms with Crippen LogP contribution in [-0.4, -0.2) is 19.7 Å². The van der Waals surface area contributed by atoms with Gasteiger partial charge in [0.05, 0.1) is 6.61 Å². The fourth-order valence-electron chi connectivity index (χ4n) is 2.00. The van der Waals surface area contributed by atoms with Gasteiger partial charge in [0.2, 0.25) is 0 Å². The SMILES string of the molecule is Cc1cc(OCC2CCNCC2)ccc1N. The number of benzene rings is 1. The number of nitrogens with two attached hydrogens (primary N) is 1. The minimum absolute atomic E-state index is 0.694. The number of anilines is 1. The fourth-order valence-corrected chi connectivity index (χ4v) is 2.00. The minimum Gasteiger partial charge on any atom is -0.493 e. The number of hydrogen-bond donors (Lipinski definition) is 2. The van der Waals surface area contributed by atoms with Crippen LogP contribution < -0.4 is 15.8 Å². The summed E-state index contributed by atoms with van der Waals surface area (Å²) in [6.45, 7) is 5.07. The molecule has 0 atom stereocenters. The van der Waals surface area contributed by atoms with E-state index < -0.39 is 0 Å². The van der Waals surface area contributed by atoms with Crippen LogP contribution in [0.4, 0.5) is 5.69 Å². The summed E-state index contributed by atoms with van der Waals surface area (Å²) < 4.78 is 5.80. The highest BCUT2D eigenvalue weighted by atomic mass is 16.5. The van der Waals surface area contributed by atoms with E-state index in [4.69, 9.17) is 10.5 Å². The van der Waals surface area contributed by atoms with Crippen molar-refractivity contribution in [2.45, 2.75) is 19.8 Å². The van der Waals surface area contributed by atoms with E-state index in [1.54, 1.807) is 0 Å². The molecule has 1 saturated heterocycles. The molecule has 0 aromatic heterocycles. The van der Waals surface area contributed by atoms with Gasteiger partial charge in [-0.1, -0.05) is 0 Å². The first kappa shape index (κ1) is 11.3. The highest BCUT2D eigenvalue weighted by molar-refractivity contribution is 5.49.